The third-order valence-corrected chi connectivity index (χ3v) is 2.59. The largest absolute Gasteiger partial charge is 0.375 e. The summed E-state index contributed by atoms with van der Waals surface area (Å²) in [6, 6.07) is 0.149. The van der Waals surface area contributed by atoms with Crippen LogP contribution in [0.2, 0.25) is 0 Å². The molecule has 0 aliphatic carbocycles. The summed E-state index contributed by atoms with van der Waals surface area (Å²) in [5, 5.41) is 0. The molecule has 1 heterocycles. The van der Waals surface area contributed by atoms with Crippen molar-refractivity contribution < 1.29 is 14.3 Å². The fourth-order valence-electron chi connectivity index (χ4n) is 1.54. The Balaban J connectivity index is 2.60. The van der Waals surface area contributed by atoms with Crippen LogP contribution in [0.5, 0.6) is 0 Å². The lowest BCUT2D eigenvalue weighted by Gasteiger charge is -2.37. The van der Waals surface area contributed by atoms with Gasteiger partial charge in [-0.25, -0.2) is 0 Å². The summed E-state index contributed by atoms with van der Waals surface area (Å²) in [5.74, 6) is 0.0511. The topological polar surface area (TPSA) is 38.8 Å². The van der Waals surface area contributed by atoms with Crippen molar-refractivity contribution in [3.05, 3.63) is 0 Å². The van der Waals surface area contributed by atoms with Crippen molar-refractivity contribution in [1.82, 2.24) is 4.90 Å². The maximum absolute atomic E-state index is 11.8. The minimum Gasteiger partial charge on any atom is -0.375 e. The summed E-state index contributed by atoms with van der Waals surface area (Å²) < 4.78 is 10.5. The van der Waals surface area contributed by atoms with E-state index in [-0.39, 0.29) is 24.2 Å². The molecule has 1 aliphatic rings. The number of rotatable bonds is 2. The first kappa shape index (κ1) is 11.5. The Bertz CT molecular complexity index is 208. The molecule has 0 aromatic rings. The van der Waals surface area contributed by atoms with E-state index >= 15 is 0 Å². The van der Waals surface area contributed by atoms with Gasteiger partial charge in [0.25, 0.3) is 5.91 Å². The van der Waals surface area contributed by atoms with Crippen LogP contribution in [0.4, 0.5) is 0 Å². The predicted octanol–water partition coefficient (Wildman–Crippen LogP) is 0.657. The number of amides is 1. The molecule has 1 rings (SSSR count). The van der Waals surface area contributed by atoms with Crippen molar-refractivity contribution in [2.24, 2.45) is 0 Å². The molecule has 0 aromatic heterocycles. The van der Waals surface area contributed by atoms with Crippen molar-refractivity contribution in [3.8, 4) is 0 Å². The van der Waals surface area contributed by atoms with Crippen molar-refractivity contribution >= 4 is 5.91 Å². The van der Waals surface area contributed by atoms with Crippen LogP contribution < -0.4 is 0 Å². The van der Waals surface area contributed by atoms with Crippen molar-refractivity contribution in [3.63, 3.8) is 0 Å². The summed E-state index contributed by atoms with van der Waals surface area (Å²) in [7, 11) is 1.55. The zero-order valence-corrected chi connectivity index (χ0v) is 9.32. The van der Waals surface area contributed by atoms with E-state index in [1.54, 1.807) is 14.0 Å². The highest BCUT2D eigenvalue weighted by Crippen LogP contribution is 2.13. The number of carbonyl (C=O) groups excluding carboxylic acids is 1. The molecule has 0 saturated carbocycles. The first-order chi connectivity index (χ1) is 6.56. The van der Waals surface area contributed by atoms with Crippen molar-refractivity contribution in [2.75, 3.05) is 20.3 Å². The lowest BCUT2D eigenvalue weighted by Crippen LogP contribution is -2.53. The Labute approximate surface area is 85.2 Å². The third kappa shape index (κ3) is 2.45. The Morgan fingerprint density at radius 2 is 2.21 bits per heavy atom. The van der Waals surface area contributed by atoms with Crippen molar-refractivity contribution in [2.45, 2.75) is 39.0 Å². The number of carbonyl (C=O) groups is 1. The molecule has 4 heteroatoms. The average Bonchev–Trinajstić information content (AvgIpc) is 2.19. The number of hydrogen-bond donors (Lipinski definition) is 0. The molecule has 3 atom stereocenters. The number of nitrogens with zero attached hydrogens (tertiary/aromatic N) is 1. The maximum Gasteiger partial charge on any atom is 0.251 e. The monoisotopic (exact) mass is 201 g/mol. The molecule has 1 aliphatic heterocycles. The van der Waals surface area contributed by atoms with Gasteiger partial charge in [-0.15, -0.1) is 0 Å². The van der Waals surface area contributed by atoms with E-state index in [4.69, 9.17) is 9.47 Å². The van der Waals surface area contributed by atoms with Gasteiger partial charge in [-0.2, -0.15) is 0 Å². The van der Waals surface area contributed by atoms with E-state index < -0.39 is 0 Å². The van der Waals surface area contributed by atoms with Gasteiger partial charge in [0.05, 0.1) is 18.8 Å². The van der Waals surface area contributed by atoms with Gasteiger partial charge < -0.3 is 14.4 Å². The molecule has 14 heavy (non-hydrogen) atoms. The van der Waals surface area contributed by atoms with E-state index in [0.717, 1.165) is 0 Å². The predicted molar refractivity (Wildman–Crippen MR) is 53.1 cm³/mol. The smallest absolute Gasteiger partial charge is 0.251 e. The molecular weight excluding hydrogens is 182 g/mol. The molecule has 82 valence electrons. The van der Waals surface area contributed by atoms with Crippen LogP contribution in [0.25, 0.3) is 0 Å². The second-order valence-electron chi connectivity index (χ2n) is 3.86. The van der Waals surface area contributed by atoms with E-state index in [2.05, 4.69) is 0 Å². The highest BCUT2D eigenvalue weighted by Gasteiger charge is 2.30. The second kappa shape index (κ2) is 4.75. The molecule has 1 fully saturated rings. The van der Waals surface area contributed by atoms with Crippen molar-refractivity contribution in [1.29, 1.82) is 0 Å². The van der Waals surface area contributed by atoms with Gasteiger partial charge in [-0.05, 0) is 20.8 Å². The maximum atomic E-state index is 11.8. The zero-order valence-electron chi connectivity index (χ0n) is 9.32. The van der Waals surface area contributed by atoms with Crippen LogP contribution in [-0.2, 0) is 14.3 Å². The fraction of sp³-hybridized carbons (Fsp3) is 0.900. The number of ether oxygens (including phenoxy) is 2. The van der Waals surface area contributed by atoms with E-state index in [1.165, 1.54) is 0 Å². The third-order valence-electron chi connectivity index (χ3n) is 2.59. The first-order valence-electron chi connectivity index (χ1n) is 5.01. The Kier molecular flexibility index (Phi) is 3.89. The highest BCUT2D eigenvalue weighted by molar-refractivity contribution is 5.80. The molecular formula is C10H19NO3. The first-order valence-corrected chi connectivity index (χ1v) is 5.01. The van der Waals surface area contributed by atoms with Crippen LogP contribution >= 0.6 is 0 Å². The molecule has 1 amide bonds. The normalized spacial score (nSPS) is 30.1. The molecule has 0 spiro atoms. The number of hydrogen-bond acceptors (Lipinski definition) is 3. The van der Waals surface area contributed by atoms with Gasteiger partial charge in [0, 0.05) is 13.7 Å². The Hall–Kier alpha value is -0.610. The molecule has 3 unspecified atom stereocenters. The Morgan fingerprint density at radius 1 is 1.57 bits per heavy atom. The summed E-state index contributed by atoms with van der Waals surface area (Å²) >= 11 is 0. The Morgan fingerprint density at radius 3 is 2.79 bits per heavy atom. The summed E-state index contributed by atoms with van der Waals surface area (Å²) in [6.07, 6.45) is -0.234. The number of methoxy groups -OCH3 is 1. The summed E-state index contributed by atoms with van der Waals surface area (Å²) in [4.78, 5) is 13.7. The molecule has 0 radical (unpaired) electrons. The minimum absolute atomic E-state index is 0.0511. The van der Waals surface area contributed by atoms with Gasteiger partial charge in [-0.3, -0.25) is 4.79 Å². The van der Waals surface area contributed by atoms with Crippen LogP contribution in [0.3, 0.4) is 0 Å². The lowest BCUT2D eigenvalue weighted by atomic mass is 10.2. The SMILES string of the molecule is COC(C)C(=O)N1CC(C)OCC1C. The molecule has 4 nitrogen and oxygen atoms in total. The van der Waals surface area contributed by atoms with Gasteiger partial charge >= 0.3 is 0 Å². The zero-order chi connectivity index (χ0) is 10.7. The quantitative estimate of drug-likeness (QED) is 0.658. The van der Waals surface area contributed by atoms with Gasteiger partial charge in [-0.1, -0.05) is 0 Å². The molecule has 0 N–H and O–H groups in total. The van der Waals surface area contributed by atoms with E-state index in [1.807, 2.05) is 18.7 Å². The lowest BCUT2D eigenvalue weighted by molar-refractivity contribution is -0.152. The van der Waals surface area contributed by atoms with Crippen LogP contribution in [0.1, 0.15) is 20.8 Å². The summed E-state index contributed by atoms with van der Waals surface area (Å²) in [5.41, 5.74) is 0. The van der Waals surface area contributed by atoms with Gasteiger partial charge in [0.15, 0.2) is 0 Å². The van der Waals surface area contributed by atoms with Gasteiger partial charge in [0.1, 0.15) is 6.10 Å². The minimum atomic E-state index is -0.359. The highest BCUT2D eigenvalue weighted by atomic mass is 16.5. The number of morpholine rings is 1. The van der Waals surface area contributed by atoms with Crippen LogP contribution in [-0.4, -0.2) is 49.3 Å². The standard InChI is InChI=1S/C10H19NO3/c1-7-6-14-8(2)5-11(7)10(12)9(3)13-4/h7-9H,5-6H2,1-4H3. The van der Waals surface area contributed by atoms with Crippen LogP contribution in [0.15, 0.2) is 0 Å². The van der Waals surface area contributed by atoms with Crippen LogP contribution in [0, 0.1) is 0 Å². The van der Waals surface area contributed by atoms with Gasteiger partial charge in [0.2, 0.25) is 0 Å². The second-order valence-corrected chi connectivity index (χ2v) is 3.86. The average molecular weight is 201 g/mol. The molecule has 1 saturated heterocycles. The molecule has 0 aromatic carbocycles. The molecule has 0 bridgehead atoms. The fourth-order valence-corrected chi connectivity index (χ4v) is 1.54. The van der Waals surface area contributed by atoms with E-state index in [0.29, 0.717) is 13.2 Å². The summed E-state index contributed by atoms with van der Waals surface area (Å²) in [6.45, 7) is 7.02. The van der Waals surface area contributed by atoms with E-state index in [9.17, 15) is 4.79 Å².